The maximum atomic E-state index is 3.58. The molecule has 3 heteroatoms. The van der Waals surface area contributed by atoms with Gasteiger partial charge in [-0.3, -0.25) is 0 Å². The summed E-state index contributed by atoms with van der Waals surface area (Å²) in [5.41, 5.74) is 1.26. The summed E-state index contributed by atoms with van der Waals surface area (Å²) in [6, 6.07) is 9.68. The highest BCUT2D eigenvalue weighted by Crippen LogP contribution is 2.34. The van der Waals surface area contributed by atoms with Crippen molar-refractivity contribution in [1.29, 1.82) is 0 Å². The predicted octanol–water partition coefficient (Wildman–Crippen LogP) is 4.28. The molecular weight excluding hydrogens is 264 g/mol. The lowest BCUT2D eigenvalue weighted by Crippen LogP contribution is -2.39. The number of benzene rings is 1. The van der Waals surface area contributed by atoms with Crippen LogP contribution in [0.3, 0.4) is 0 Å². The molecule has 1 atom stereocenters. The van der Waals surface area contributed by atoms with Crippen molar-refractivity contribution in [2.24, 2.45) is 0 Å². The van der Waals surface area contributed by atoms with E-state index in [2.05, 4.69) is 46.7 Å². The van der Waals surface area contributed by atoms with Gasteiger partial charge in [-0.1, -0.05) is 19.3 Å². The van der Waals surface area contributed by atoms with Crippen LogP contribution >= 0.6 is 11.8 Å². The molecule has 0 aromatic heterocycles. The van der Waals surface area contributed by atoms with E-state index < -0.39 is 0 Å². The Morgan fingerprint density at radius 2 is 1.75 bits per heavy atom. The van der Waals surface area contributed by atoms with Gasteiger partial charge in [0.15, 0.2) is 0 Å². The molecule has 1 aromatic rings. The summed E-state index contributed by atoms with van der Waals surface area (Å²) in [7, 11) is 0. The molecule has 1 saturated heterocycles. The molecule has 2 fully saturated rings. The van der Waals surface area contributed by atoms with E-state index in [9.17, 15) is 0 Å². The monoisotopic (exact) mass is 290 g/mol. The van der Waals surface area contributed by atoms with Gasteiger partial charge in [0.05, 0.1) is 0 Å². The molecule has 1 aliphatic heterocycles. The fraction of sp³-hybridized carbons (Fsp3) is 0.647. The van der Waals surface area contributed by atoms with Crippen LogP contribution in [0.2, 0.25) is 0 Å². The van der Waals surface area contributed by atoms with Gasteiger partial charge >= 0.3 is 0 Å². The fourth-order valence-corrected chi connectivity index (χ4v) is 4.44. The Morgan fingerprint density at radius 1 is 1.00 bits per heavy atom. The van der Waals surface area contributed by atoms with Gasteiger partial charge in [-0.2, -0.15) is 0 Å². The van der Waals surface area contributed by atoms with Gasteiger partial charge in [-0.15, -0.1) is 11.8 Å². The number of hydrogen-bond acceptors (Lipinski definition) is 3. The zero-order valence-corrected chi connectivity index (χ0v) is 13.1. The molecule has 2 nitrogen and oxygen atoms in total. The van der Waals surface area contributed by atoms with Crippen molar-refractivity contribution in [3.8, 4) is 0 Å². The molecule has 2 N–H and O–H groups in total. The van der Waals surface area contributed by atoms with Crippen LogP contribution in [0, 0.1) is 0 Å². The Hall–Kier alpha value is -0.670. The summed E-state index contributed by atoms with van der Waals surface area (Å²) in [5, 5.41) is 8.01. The van der Waals surface area contributed by atoms with Crippen LogP contribution in [0.4, 0.5) is 5.69 Å². The largest absolute Gasteiger partial charge is 0.383 e. The lowest BCUT2D eigenvalue weighted by atomic mass is 10.1. The van der Waals surface area contributed by atoms with Crippen molar-refractivity contribution in [2.75, 3.05) is 18.4 Å². The van der Waals surface area contributed by atoms with Gasteiger partial charge in [0, 0.05) is 28.4 Å². The Kier molecular flexibility index (Phi) is 5.26. The highest BCUT2D eigenvalue weighted by atomic mass is 32.2. The Balaban J connectivity index is 1.45. The Morgan fingerprint density at radius 3 is 2.45 bits per heavy atom. The summed E-state index contributed by atoms with van der Waals surface area (Å²) < 4.78 is 0. The minimum atomic E-state index is 0.649. The third kappa shape index (κ3) is 4.16. The van der Waals surface area contributed by atoms with E-state index in [-0.39, 0.29) is 0 Å². The van der Waals surface area contributed by atoms with Crippen LogP contribution in [0.15, 0.2) is 29.2 Å². The van der Waals surface area contributed by atoms with Gasteiger partial charge < -0.3 is 10.6 Å². The quantitative estimate of drug-likeness (QED) is 0.846. The third-order valence-electron chi connectivity index (χ3n) is 4.42. The second kappa shape index (κ2) is 7.37. The van der Waals surface area contributed by atoms with Crippen LogP contribution in [0.5, 0.6) is 0 Å². The lowest BCUT2D eigenvalue weighted by Gasteiger charge is -2.24. The number of anilines is 1. The molecule has 0 bridgehead atoms. The predicted molar refractivity (Wildman–Crippen MR) is 88.7 cm³/mol. The molecule has 110 valence electrons. The van der Waals surface area contributed by atoms with Gasteiger partial charge in [-0.25, -0.2) is 0 Å². The van der Waals surface area contributed by atoms with Crippen molar-refractivity contribution < 1.29 is 0 Å². The van der Waals surface area contributed by atoms with Gasteiger partial charge in [0.2, 0.25) is 0 Å². The highest BCUT2D eigenvalue weighted by Gasteiger charge is 2.16. The Labute approximate surface area is 127 Å². The van der Waals surface area contributed by atoms with Gasteiger partial charge in [0.1, 0.15) is 0 Å². The number of piperidine rings is 1. The molecule has 1 saturated carbocycles. The summed E-state index contributed by atoms with van der Waals surface area (Å²) >= 11 is 2.07. The normalized spacial score (nSPS) is 23.9. The van der Waals surface area contributed by atoms with Crippen LogP contribution in [-0.4, -0.2) is 24.4 Å². The maximum Gasteiger partial charge on any atom is 0.0341 e. The molecular formula is C17H26N2S. The summed E-state index contributed by atoms with van der Waals surface area (Å²) in [6.45, 7) is 2.23. The molecule has 3 rings (SSSR count). The van der Waals surface area contributed by atoms with Crippen LogP contribution in [0.1, 0.15) is 44.9 Å². The summed E-state index contributed by atoms with van der Waals surface area (Å²) in [6.07, 6.45) is 9.66. The number of nitrogens with one attached hydrogen (secondary N) is 2. The topological polar surface area (TPSA) is 24.1 Å². The minimum absolute atomic E-state index is 0.649. The molecule has 1 aliphatic carbocycles. The van der Waals surface area contributed by atoms with E-state index in [1.54, 1.807) is 0 Å². The Bertz CT molecular complexity index is 392. The van der Waals surface area contributed by atoms with E-state index in [4.69, 9.17) is 0 Å². The zero-order chi connectivity index (χ0) is 13.6. The lowest BCUT2D eigenvalue weighted by molar-refractivity contribution is 0.414. The van der Waals surface area contributed by atoms with Gasteiger partial charge in [0.25, 0.3) is 0 Å². The molecule has 1 aromatic carbocycles. The summed E-state index contributed by atoms with van der Waals surface area (Å²) in [5.74, 6) is 0. The standard InChI is InChI=1S/C17H26N2S/c1-2-7-16(6-1)20-17-10-8-14(9-11-17)19-13-15-5-3-4-12-18-15/h8-11,15-16,18-19H,1-7,12-13H2. The number of thioether (sulfide) groups is 1. The molecule has 2 aliphatic rings. The highest BCUT2D eigenvalue weighted by molar-refractivity contribution is 8.00. The SMILES string of the molecule is c1cc(SC2CCCC2)ccc1NCC1CCCCN1. The molecule has 0 amide bonds. The zero-order valence-electron chi connectivity index (χ0n) is 12.2. The molecule has 1 unspecified atom stereocenters. The van der Waals surface area contributed by atoms with E-state index in [0.29, 0.717) is 6.04 Å². The van der Waals surface area contributed by atoms with Crippen LogP contribution in [-0.2, 0) is 0 Å². The third-order valence-corrected chi connectivity index (χ3v) is 5.77. The first-order valence-electron chi connectivity index (χ1n) is 8.14. The average molecular weight is 290 g/mol. The van der Waals surface area contributed by atoms with Crippen molar-refractivity contribution in [3.05, 3.63) is 24.3 Å². The van der Waals surface area contributed by atoms with E-state index >= 15 is 0 Å². The fourth-order valence-electron chi connectivity index (χ4n) is 3.19. The van der Waals surface area contributed by atoms with Crippen molar-refractivity contribution in [1.82, 2.24) is 5.32 Å². The molecule has 0 radical (unpaired) electrons. The minimum Gasteiger partial charge on any atom is -0.383 e. The van der Waals surface area contributed by atoms with E-state index in [0.717, 1.165) is 11.8 Å². The maximum absolute atomic E-state index is 3.58. The van der Waals surface area contributed by atoms with E-state index in [1.807, 2.05) is 0 Å². The summed E-state index contributed by atoms with van der Waals surface area (Å²) in [4.78, 5) is 1.43. The first kappa shape index (κ1) is 14.3. The molecule has 20 heavy (non-hydrogen) atoms. The van der Waals surface area contributed by atoms with Gasteiger partial charge in [-0.05, 0) is 56.5 Å². The van der Waals surface area contributed by atoms with E-state index in [1.165, 1.54) is 62.1 Å². The van der Waals surface area contributed by atoms with Crippen LogP contribution < -0.4 is 10.6 Å². The molecule has 1 heterocycles. The second-order valence-electron chi connectivity index (χ2n) is 6.08. The average Bonchev–Trinajstić information content (AvgIpc) is 3.01. The first-order valence-corrected chi connectivity index (χ1v) is 9.02. The smallest absolute Gasteiger partial charge is 0.0341 e. The van der Waals surface area contributed by atoms with Crippen molar-refractivity contribution in [2.45, 2.75) is 61.1 Å². The van der Waals surface area contributed by atoms with Crippen LogP contribution in [0.25, 0.3) is 0 Å². The number of rotatable bonds is 5. The second-order valence-corrected chi connectivity index (χ2v) is 7.45. The van der Waals surface area contributed by atoms with Crippen molar-refractivity contribution in [3.63, 3.8) is 0 Å². The van der Waals surface area contributed by atoms with Crippen molar-refractivity contribution >= 4 is 17.4 Å². The first-order chi connectivity index (χ1) is 9.90. The molecule has 0 spiro atoms. The number of hydrogen-bond donors (Lipinski definition) is 2.